The van der Waals surface area contributed by atoms with E-state index in [2.05, 4.69) is 14.7 Å². The van der Waals surface area contributed by atoms with Crippen LogP contribution in [0, 0.1) is 0 Å². The molecule has 102 valence electrons. The number of sulfonamides is 1. The molecule has 0 aromatic carbocycles. The summed E-state index contributed by atoms with van der Waals surface area (Å²) in [5.41, 5.74) is 0.769. The fraction of sp³-hybridized carbons (Fsp3) is 0.333. The quantitative estimate of drug-likeness (QED) is 0.852. The van der Waals surface area contributed by atoms with Crippen molar-refractivity contribution in [1.82, 2.24) is 19.3 Å². The SMILES string of the molecule is CCS(=O)(=O)NCCn1ccnc1-c1ccccn1. The number of aromatic nitrogens is 3. The molecule has 0 atom stereocenters. The molecule has 2 aromatic heterocycles. The summed E-state index contributed by atoms with van der Waals surface area (Å²) in [5, 5.41) is 0. The monoisotopic (exact) mass is 280 g/mol. The van der Waals surface area contributed by atoms with Gasteiger partial charge in [0.15, 0.2) is 5.82 Å². The van der Waals surface area contributed by atoms with Crippen molar-refractivity contribution in [3.63, 3.8) is 0 Å². The molecule has 0 saturated carbocycles. The van der Waals surface area contributed by atoms with E-state index >= 15 is 0 Å². The number of nitrogens with one attached hydrogen (secondary N) is 1. The lowest BCUT2D eigenvalue weighted by Gasteiger charge is -2.08. The van der Waals surface area contributed by atoms with Crippen LogP contribution in [-0.4, -0.2) is 35.3 Å². The van der Waals surface area contributed by atoms with Gasteiger partial charge < -0.3 is 4.57 Å². The average molecular weight is 280 g/mol. The van der Waals surface area contributed by atoms with Gasteiger partial charge in [0.1, 0.15) is 5.69 Å². The summed E-state index contributed by atoms with van der Waals surface area (Å²) in [6.45, 7) is 2.47. The molecule has 6 nitrogen and oxygen atoms in total. The van der Waals surface area contributed by atoms with Gasteiger partial charge in [-0.3, -0.25) is 4.98 Å². The standard InChI is InChI=1S/C12H16N4O2S/c1-2-19(17,18)15-8-10-16-9-7-14-12(16)11-5-3-4-6-13-11/h3-7,9,15H,2,8,10H2,1H3. The maximum absolute atomic E-state index is 11.3. The number of pyridine rings is 1. The van der Waals surface area contributed by atoms with Crippen LogP contribution in [0.4, 0.5) is 0 Å². The number of imidazole rings is 1. The van der Waals surface area contributed by atoms with Crippen molar-refractivity contribution in [2.45, 2.75) is 13.5 Å². The normalized spacial score (nSPS) is 11.6. The number of rotatable bonds is 6. The summed E-state index contributed by atoms with van der Waals surface area (Å²) >= 11 is 0. The summed E-state index contributed by atoms with van der Waals surface area (Å²) in [6, 6.07) is 5.60. The van der Waals surface area contributed by atoms with Gasteiger partial charge >= 0.3 is 0 Å². The van der Waals surface area contributed by atoms with Crippen LogP contribution in [0.15, 0.2) is 36.8 Å². The van der Waals surface area contributed by atoms with E-state index in [-0.39, 0.29) is 5.75 Å². The maximum atomic E-state index is 11.3. The molecular weight excluding hydrogens is 264 g/mol. The van der Waals surface area contributed by atoms with Crippen LogP contribution in [0.3, 0.4) is 0 Å². The zero-order valence-corrected chi connectivity index (χ0v) is 11.5. The van der Waals surface area contributed by atoms with Gasteiger partial charge in [0.25, 0.3) is 0 Å². The minimum absolute atomic E-state index is 0.0873. The van der Waals surface area contributed by atoms with E-state index in [1.807, 2.05) is 29.0 Å². The van der Waals surface area contributed by atoms with Crippen LogP contribution < -0.4 is 4.72 Å². The topological polar surface area (TPSA) is 76.9 Å². The summed E-state index contributed by atoms with van der Waals surface area (Å²) in [5.74, 6) is 0.820. The van der Waals surface area contributed by atoms with Crippen LogP contribution in [0.25, 0.3) is 11.5 Å². The molecule has 0 aliphatic carbocycles. The summed E-state index contributed by atoms with van der Waals surface area (Å²) in [6.07, 6.45) is 5.19. The first-order chi connectivity index (χ1) is 9.12. The molecule has 0 radical (unpaired) electrons. The molecule has 2 aromatic rings. The highest BCUT2D eigenvalue weighted by atomic mass is 32.2. The molecule has 0 unspecified atom stereocenters. The van der Waals surface area contributed by atoms with Crippen molar-refractivity contribution < 1.29 is 8.42 Å². The lowest BCUT2D eigenvalue weighted by atomic mass is 10.3. The van der Waals surface area contributed by atoms with E-state index in [1.54, 1.807) is 19.3 Å². The third-order valence-corrected chi connectivity index (χ3v) is 4.07. The van der Waals surface area contributed by atoms with Gasteiger partial charge in [-0.05, 0) is 19.1 Å². The molecule has 0 aliphatic rings. The first-order valence-electron chi connectivity index (χ1n) is 6.02. The van der Waals surface area contributed by atoms with Crippen LogP contribution in [0.2, 0.25) is 0 Å². The predicted molar refractivity (Wildman–Crippen MR) is 72.9 cm³/mol. The number of hydrogen-bond donors (Lipinski definition) is 1. The second-order valence-corrected chi connectivity index (χ2v) is 6.05. The first-order valence-corrected chi connectivity index (χ1v) is 7.67. The second-order valence-electron chi connectivity index (χ2n) is 3.96. The van der Waals surface area contributed by atoms with Crippen molar-refractivity contribution in [2.75, 3.05) is 12.3 Å². The Hall–Kier alpha value is -1.73. The van der Waals surface area contributed by atoms with Gasteiger partial charge in [-0.25, -0.2) is 18.1 Å². The van der Waals surface area contributed by atoms with Crippen LogP contribution in [0.5, 0.6) is 0 Å². The van der Waals surface area contributed by atoms with Crippen molar-refractivity contribution in [3.05, 3.63) is 36.8 Å². The van der Waals surface area contributed by atoms with Gasteiger partial charge in [0, 0.05) is 31.7 Å². The average Bonchev–Trinajstić information content (AvgIpc) is 2.88. The number of hydrogen-bond acceptors (Lipinski definition) is 4. The fourth-order valence-electron chi connectivity index (χ4n) is 1.64. The molecule has 0 spiro atoms. The third kappa shape index (κ3) is 3.62. The summed E-state index contributed by atoms with van der Waals surface area (Å²) in [7, 11) is -3.15. The predicted octanol–water partition coefficient (Wildman–Crippen LogP) is 0.884. The van der Waals surface area contributed by atoms with Gasteiger partial charge in [0.2, 0.25) is 10.0 Å². The fourth-order valence-corrected chi connectivity index (χ4v) is 2.25. The Balaban J connectivity index is 2.05. The molecular formula is C12H16N4O2S. The minimum atomic E-state index is -3.15. The summed E-state index contributed by atoms with van der Waals surface area (Å²) in [4.78, 5) is 8.48. The Bertz CT molecular complexity index is 622. The first kappa shape index (κ1) is 13.7. The molecule has 7 heteroatoms. The molecule has 19 heavy (non-hydrogen) atoms. The van der Waals surface area contributed by atoms with Crippen molar-refractivity contribution in [1.29, 1.82) is 0 Å². The lowest BCUT2D eigenvalue weighted by molar-refractivity contribution is 0.574. The third-order valence-electron chi connectivity index (χ3n) is 2.66. The highest BCUT2D eigenvalue weighted by Gasteiger charge is 2.08. The van der Waals surface area contributed by atoms with Gasteiger partial charge in [-0.2, -0.15) is 0 Å². The Labute approximate surface area is 112 Å². The van der Waals surface area contributed by atoms with Crippen LogP contribution in [-0.2, 0) is 16.6 Å². The molecule has 0 aliphatic heterocycles. The van der Waals surface area contributed by atoms with Gasteiger partial charge in [-0.15, -0.1) is 0 Å². The van der Waals surface area contributed by atoms with Crippen LogP contribution >= 0.6 is 0 Å². The Kier molecular flexibility index (Phi) is 4.28. The number of nitrogens with zero attached hydrogens (tertiary/aromatic N) is 3. The molecule has 0 amide bonds. The zero-order chi connectivity index (χ0) is 13.7. The Morgan fingerprint density at radius 1 is 1.26 bits per heavy atom. The molecule has 0 bridgehead atoms. The van der Waals surface area contributed by atoms with Crippen molar-refractivity contribution >= 4 is 10.0 Å². The summed E-state index contributed by atoms with van der Waals surface area (Å²) < 4.78 is 27.1. The van der Waals surface area contributed by atoms with E-state index in [4.69, 9.17) is 0 Å². The van der Waals surface area contributed by atoms with E-state index in [9.17, 15) is 8.42 Å². The van der Waals surface area contributed by atoms with Crippen LogP contribution in [0.1, 0.15) is 6.92 Å². The van der Waals surface area contributed by atoms with E-state index in [0.29, 0.717) is 13.1 Å². The highest BCUT2D eigenvalue weighted by Crippen LogP contribution is 2.13. The highest BCUT2D eigenvalue weighted by molar-refractivity contribution is 7.89. The molecule has 2 rings (SSSR count). The second kappa shape index (κ2) is 5.94. The zero-order valence-electron chi connectivity index (χ0n) is 10.7. The van der Waals surface area contributed by atoms with Crippen molar-refractivity contribution in [3.8, 4) is 11.5 Å². The molecule has 0 saturated heterocycles. The van der Waals surface area contributed by atoms with E-state index < -0.39 is 10.0 Å². The molecule has 2 heterocycles. The lowest BCUT2D eigenvalue weighted by Crippen LogP contribution is -2.28. The minimum Gasteiger partial charge on any atom is -0.328 e. The Morgan fingerprint density at radius 2 is 2.11 bits per heavy atom. The smallest absolute Gasteiger partial charge is 0.211 e. The molecule has 1 N–H and O–H groups in total. The van der Waals surface area contributed by atoms with E-state index in [0.717, 1.165) is 11.5 Å². The maximum Gasteiger partial charge on any atom is 0.211 e. The molecule has 0 fully saturated rings. The Morgan fingerprint density at radius 3 is 2.79 bits per heavy atom. The van der Waals surface area contributed by atoms with Gasteiger partial charge in [0.05, 0.1) is 5.75 Å². The largest absolute Gasteiger partial charge is 0.328 e. The van der Waals surface area contributed by atoms with Crippen molar-refractivity contribution in [2.24, 2.45) is 0 Å². The van der Waals surface area contributed by atoms with Gasteiger partial charge in [-0.1, -0.05) is 6.07 Å². The van der Waals surface area contributed by atoms with E-state index in [1.165, 1.54) is 0 Å².